The van der Waals surface area contributed by atoms with Gasteiger partial charge in [-0.05, 0) is 6.42 Å². The Balaban J connectivity index is 3.34. The molecule has 0 fully saturated rings. The number of hydrogen-bond donors (Lipinski definition) is 2. The lowest BCUT2D eigenvalue weighted by Gasteiger charge is -2.09. The topological polar surface area (TPSA) is 89.6 Å². The summed E-state index contributed by atoms with van der Waals surface area (Å²) in [6, 6.07) is -1.05. The van der Waals surface area contributed by atoms with Gasteiger partial charge in [0.2, 0.25) is 0 Å². The van der Waals surface area contributed by atoms with E-state index >= 15 is 0 Å². The van der Waals surface area contributed by atoms with Crippen LogP contribution in [0.1, 0.15) is 64.7 Å². The molecule has 3 N–H and O–H groups in total. The van der Waals surface area contributed by atoms with Crippen molar-refractivity contribution in [1.82, 2.24) is 0 Å². The highest BCUT2D eigenvalue weighted by atomic mass is 16.5. The molecule has 5 nitrogen and oxygen atoms in total. The maximum atomic E-state index is 11.3. The van der Waals surface area contributed by atoms with Gasteiger partial charge in [-0.15, -0.1) is 0 Å². The molecule has 0 radical (unpaired) electrons. The number of aliphatic carboxylic acids is 1. The van der Waals surface area contributed by atoms with Gasteiger partial charge in [0.15, 0.2) is 0 Å². The van der Waals surface area contributed by atoms with Gasteiger partial charge in [0, 0.05) is 0 Å². The number of rotatable bonds is 12. The van der Waals surface area contributed by atoms with Crippen molar-refractivity contribution >= 4 is 11.9 Å². The predicted molar refractivity (Wildman–Crippen MR) is 73.8 cm³/mol. The lowest BCUT2D eigenvalue weighted by molar-refractivity contribution is -0.149. The fourth-order valence-electron chi connectivity index (χ4n) is 1.79. The minimum atomic E-state index is -1.09. The summed E-state index contributed by atoms with van der Waals surface area (Å²) in [4.78, 5) is 21.6. The summed E-state index contributed by atoms with van der Waals surface area (Å²) in [7, 11) is 0. The van der Waals surface area contributed by atoms with E-state index in [1.54, 1.807) is 0 Å². The molecule has 0 aromatic heterocycles. The van der Waals surface area contributed by atoms with E-state index in [0.29, 0.717) is 6.61 Å². The number of esters is 1. The molecule has 112 valence electrons. The van der Waals surface area contributed by atoms with Crippen molar-refractivity contribution in [3.05, 3.63) is 0 Å². The third kappa shape index (κ3) is 11.7. The smallest absolute Gasteiger partial charge is 0.323 e. The summed E-state index contributed by atoms with van der Waals surface area (Å²) in [5, 5.41) is 8.48. The number of carbonyl (C=O) groups excluding carboxylic acids is 1. The van der Waals surface area contributed by atoms with Gasteiger partial charge in [0.25, 0.3) is 0 Å². The second-order valence-electron chi connectivity index (χ2n) is 4.85. The molecule has 0 aliphatic carbocycles. The largest absolute Gasteiger partial charge is 0.481 e. The Morgan fingerprint density at radius 2 is 1.58 bits per heavy atom. The van der Waals surface area contributed by atoms with Gasteiger partial charge >= 0.3 is 11.9 Å². The highest BCUT2D eigenvalue weighted by molar-refractivity contribution is 5.81. The van der Waals surface area contributed by atoms with E-state index in [1.807, 2.05) is 0 Å². The number of unbranched alkanes of at least 4 members (excludes halogenated alkanes) is 7. The van der Waals surface area contributed by atoms with Crippen LogP contribution in [0.5, 0.6) is 0 Å². The molecule has 19 heavy (non-hydrogen) atoms. The van der Waals surface area contributed by atoms with E-state index in [9.17, 15) is 9.59 Å². The first-order valence-electron chi connectivity index (χ1n) is 7.22. The van der Waals surface area contributed by atoms with Crippen LogP contribution in [0.2, 0.25) is 0 Å². The van der Waals surface area contributed by atoms with Crippen molar-refractivity contribution in [2.45, 2.75) is 70.8 Å². The molecule has 0 spiro atoms. The molecule has 0 amide bonds. The Hall–Kier alpha value is -1.10. The molecule has 0 unspecified atom stereocenters. The number of carboxylic acid groups (broad SMARTS) is 1. The van der Waals surface area contributed by atoms with E-state index in [1.165, 1.54) is 32.1 Å². The van der Waals surface area contributed by atoms with Gasteiger partial charge in [-0.25, -0.2) is 0 Å². The minimum absolute atomic E-state index is 0.334. The van der Waals surface area contributed by atoms with Gasteiger partial charge in [-0.1, -0.05) is 51.9 Å². The van der Waals surface area contributed by atoms with Crippen LogP contribution in [0.25, 0.3) is 0 Å². The quantitative estimate of drug-likeness (QED) is 0.421. The number of ether oxygens (including phenoxy) is 1. The summed E-state index contributed by atoms with van der Waals surface area (Å²) in [6.07, 6.45) is 9.00. The minimum Gasteiger partial charge on any atom is -0.481 e. The van der Waals surface area contributed by atoms with E-state index < -0.39 is 18.0 Å². The fraction of sp³-hybridized carbons (Fsp3) is 0.857. The zero-order valence-corrected chi connectivity index (χ0v) is 11.9. The molecule has 1 atom stereocenters. The molecule has 0 aromatic carbocycles. The van der Waals surface area contributed by atoms with Gasteiger partial charge in [0.05, 0.1) is 13.0 Å². The SMILES string of the molecule is CCCCCCCCCCOC(=O)[C@@H](N)CC(=O)O. The number of hydrogen-bond acceptors (Lipinski definition) is 4. The number of nitrogens with two attached hydrogens (primary N) is 1. The lowest BCUT2D eigenvalue weighted by atomic mass is 10.1. The first kappa shape index (κ1) is 17.9. The Morgan fingerprint density at radius 3 is 2.11 bits per heavy atom. The lowest BCUT2D eigenvalue weighted by Crippen LogP contribution is -2.34. The maximum Gasteiger partial charge on any atom is 0.323 e. The van der Waals surface area contributed by atoms with E-state index in [0.717, 1.165) is 19.3 Å². The van der Waals surface area contributed by atoms with Crippen molar-refractivity contribution < 1.29 is 19.4 Å². The number of carboxylic acids is 1. The molecule has 0 heterocycles. The fourth-order valence-corrected chi connectivity index (χ4v) is 1.79. The van der Waals surface area contributed by atoms with Gasteiger partial charge in [-0.3, -0.25) is 9.59 Å². The van der Waals surface area contributed by atoms with Gasteiger partial charge in [-0.2, -0.15) is 0 Å². The normalized spacial score (nSPS) is 12.1. The monoisotopic (exact) mass is 273 g/mol. The van der Waals surface area contributed by atoms with E-state index in [2.05, 4.69) is 6.92 Å². The molecule has 0 saturated heterocycles. The Kier molecular flexibility index (Phi) is 11.3. The predicted octanol–water partition coefficient (Wildman–Crippen LogP) is 2.47. The standard InChI is InChI=1S/C14H27NO4/c1-2-3-4-5-6-7-8-9-10-19-14(18)12(15)11-13(16)17/h12H,2-11,15H2,1H3,(H,16,17)/t12-/m0/s1. The van der Waals surface area contributed by atoms with Gasteiger partial charge < -0.3 is 15.6 Å². The van der Waals surface area contributed by atoms with Crippen LogP contribution in [0.3, 0.4) is 0 Å². The molecule has 0 aromatic rings. The van der Waals surface area contributed by atoms with Crippen LogP contribution in [0.4, 0.5) is 0 Å². The summed E-state index contributed by atoms with van der Waals surface area (Å²) in [6.45, 7) is 2.53. The summed E-state index contributed by atoms with van der Waals surface area (Å²) in [5.74, 6) is -1.71. The first-order chi connectivity index (χ1) is 9.07. The zero-order valence-electron chi connectivity index (χ0n) is 11.9. The second kappa shape index (κ2) is 12.0. The van der Waals surface area contributed by atoms with Crippen LogP contribution >= 0.6 is 0 Å². The maximum absolute atomic E-state index is 11.3. The van der Waals surface area contributed by atoms with Crippen molar-refractivity contribution in [2.24, 2.45) is 5.73 Å². The van der Waals surface area contributed by atoms with Gasteiger partial charge in [0.1, 0.15) is 6.04 Å². The molecular formula is C14H27NO4. The molecule has 0 aliphatic rings. The number of carbonyl (C=O) groups is 2. The highest BCUT2D eigenvalue weighted by Crippen LogP contribution is 2.08. The molecule has 5 heteroatoms. The molecule has 0 saturated carbocycles. The van der Waals surface area contributed by atoms with Crippen molar-refractivity contribution in [3.8, 4) is 0 Å². The first-order valence-corrected chi connectivity index (χ1v) is 7.22. The molecular weight excluding hydrogens is 246 g/mol. The van der Waals surface area contributed by atoms with Crippen LogP contribution < -0.4 is 5.73 Å². The zero-order chi connectivity index (χ0) is 14.5. The summed E-state index contributed by atoms with van der Waals surface area (Å²) in [5.41, 5.74) is 5.37. The van der Waals surface area contributed by atoms with Crippen molar-refractivity contribution in [3.63, 3.8) is 0 Å². The van der Waals surface area contributed by atoms with Crippen LogP contribution in [-0.4, -0.2) is 29.7 Å². The van der Waals surface area contributed by atoms with Crippen LogP contribution in [0, 0.1) is 0 Å². The third-order valence-corrected chi connectivity index (χ3v) is 2.94. The molecule has 0 rings (SSSR count). The average Bonchev–Trinajstić information content (AvgIpc) is 2.35. The molecule has 0 bridgehead atoms. The Labute approximate surface area is 115 Å². The van der Waals surface area contributed by atoms with E-state index in [4.69, 9.17) is 15.6 Å². The van der Waals surface area contributed by atoms with E-state index in [-0.39, 0.29) is 6.42 Å². The third-order valence-electron chi connectivity index (χ3n) is 2.94. The summed E-state index contributed by atoms with van der Waals surface area (Å²) < 4.78 is 4.92. The Morgan fingerprint density at radius 1 is 1.05 bits per heavy atom. The van der Waals surface area contributed by atoms with Crippen molar-refractivity contribution in [1.29, 1.82) is 0 Å². The Bertz CT molecular complexity index is 256. The summed E-state index contributed by atoms with van der Waals surface area (Å²) >= 11 is 0. The second-order valence-corrected chi connectivity index (χ2v) is 4.85. The van der Waals surface area contributed by atoms with Crippen LogP contribution in [-0.2, 0) is 14.3 Å². The van der Waals surface area contributed by atoms with Crippen molar-refractivity contribution in [2.75, 3.05) is 6.61 Å². The van der Waals surface area contributed by atoms with Crippen LogP contribution in [0.15, 0.2) is 0 Å². The highest BCUT2D eigenvalue weighted by Gasteiger charge is 2.17. The molecule has 0 aliphatic heterocycles. The average molecular weight is 273 g/mol.